The molecule has 1 saturated carbocycles. The van der Waals surface area contributed by atoms with Crippen LogP contribution < -0.4 is 5.32 Å². The molecule has 3 unspecified atom stereocenters. The quantitative estimate of drug-likeness (QED) is 0.783. The Morgan fingerprint density at radius 3 is 2.84 bits per heavy atom. The first-order valence-electron chi connectivity index (χ1n) is 7.48. The van der Waals surface area contributed by atoms with E-state index in [0.29, 0.717) is 17.7 Å². The van der Waals surface area contributed by atoms with E-state index in [4.69, 9.17) is 0 Å². The van der Waals surface area contributed by atoms with Crippen molar-refractivity contribution in [1.82, 2.24) is 5.32 Å². The highest BCUT2D eigenvalue weighted by Crippen LogP contribution is 2.36. The molecule has 3 atom stereocenters. The van der Waals surface area contributed by atoms with E-state index in [1.807, 2.05) is 6.07 Å². The Labute approximate surface area is 114 Å². The van der Waals surface area contributed by atoms with Crippen molar-refractivity contribution in [3.05, 3.63) is 29.3 Å². The van der Waals surface area contributed by atoms with Crippen LogP contribution in [0.3, 0.4) is 0 Å². The summed E-state index contributed by atoms with van der Waals surface area (Å²) < 4.78 is 0. The Kier molecular flexibility index (Phi) is 3.76. The van der Waals surface area contributed by atoms with Crippen LogP contribution in [0.15, 0.2) is 18.2 Å². The SMILES string of the molecule is Oc1cccc2c1CCC2NCC1CCCCC1O. The zero-order valence-electron chi connectivity index (χ0n) is 11.3. The number of phenolic OH excluding ortho intramolecular Hbond substituents is 1. The van der Waals surface area contributed by atoms with Crippen LogP contribution in [0.1, 0.15) is 49.3 Å². The van der Waals surface area contributed by atoms with Gasteiger partial charge in [-0.05, 0) is 48.8 Å². The van der Waals surface area contributed by atoms with Gasteiger partial charge in [-0.3, -0.25) is 0 Å². The number of phenols is 1. The first-order chi connectivity index (χ1) is 9.25. The van der Waals surface area contributed by atoms with Crippen molar-refractivity contribution in [3.63, 3.8) is 0 Å². The van der Waals surface area contributed by atoms with E-state index < -0.39 is 0 Å². The van der Waals surface area contributed by atoms with E-state index >= 15 is 0 Å². The number of rotatable bonds is 3. The van der Waals surface area contributed by atoms with Crippen molar-refractivity contribution in [3.8, 4) is 5.75 Å². The summed E-state index contributed by atoms with van der Waals surface area (Å²) in [5, 5.41) is 23.4. The van der Waals surface area contributed by atoms with Crippen LogP contribution in [0.2, 0.25) is 0 Å². The minimum Gasteiger partial charge on any atom is -0.508 e. The van der Waals surface area contributed by atoms with Crippen LogP contribution in [-0.2, 0) is 6.42 Å². The molecule has 1 fully saturated rings. The highest BCUT2D eigenvalue weighted by molar-refractivity contribution is 5.44. The average Bonchev–Trinajstić information content (AvgIpc) is 2.83. The van der Waals surface area contributed by atoms with Crippen LogP contribution in [-0.4, -0.2) is 22.9 Å². The monoisotopic (exact) mass is 261 g/mol. The van der Waals surface area contributed by atoms with Crippen molar-refractivity contribution in [2.24, 2.45) is 5.92 Å². The van der Waals surface area contributed by atoms with Gasteiger partial charge in [0.05, 0.1) is 6.10 Å². The summed E-state index contributed by atoms with van der Waals surface area (Å²) in [5.74, 6) is 0.828. The van der Waals surface area contributed by atoms with Crippen molar-refractivity contribution in [2.45, 2.75) is 50.7 Å². The van der Waals surface area contributed by atoms with E-state index in [0.717, 1.165) is 44.2 Å². The molecular weight excluding hydrogens is 238 g/mol. The molecule has 0 bridgehead atoms. The van der Waals surface area contributed by atoms with Gasteiger partial charge in [0, 0.05) is 12.6 Å². The summed E-state index contributed by atoms with van der Waals surface area (Å²) in [6.07, 6.45) is 6.36. The Balaban J connectivity index is 1.62. The highest BCUT2D eigenvalue weighted by Gasteiger charge is 2.27. The molecular formula is C16H23NO2. The third-order valence-corrected chi connectivity index (χ3v) is 4.74. The predicted octanol–water partition coefficient (Wildman–Crippen LogP) is 2.52. The van der Waals surface area contributed by atoms with Gasteiger partial charge in [0.2, 0.25) is 0 Å². The molecule has 0 aliphatic heterocycles. The second-order valence-corrected chi connectivity index (χ2v) is 5.96. The third-order valence-electron chi connectivity index (χ3n) is 4.74. The van der Waals surface area contributed by atoms with Gasteiger partial charge in [0.15, 0.2) is 0 Å². The summed E-state index contributed by atoms with van der Waals surface area (Å²) in [6, 6.07) is 6.14. The zero-order valence-corrected chi connectivity index (χ0v) is 11.3. The molecule has 0 radical (unpaired) electrons. The van der Waals surface area contributed by atoms with Gasteiger partial charge in [-0.1, -0.05) is 25.0 Å². The Hall–Kier alpha value is -1.06. The second-order valence-electron chi connectivity index (χ2n) is 5.96. The van der Waals surface area contributed by atoms with Gasteiger partial charge in [0.25, 0.3) is 0 Å². The topological polar surface area (TPSA) is 52.5 Å². The molecule has 2 aliphatic rings. The van der Waals surface area contributed by atoms with Crippen LogP contribution in [0.25, 0.3) is 0 Å². The Morgan fingerprint density at radius 1 is 1.16 bits per heavy atom. The fourth-order valence-corrected chi connectivity index (χ4v) is 3.57. The average molecular weight is 261 g/mol. The summed E-state index contributed by atoms with van der Waals surface area (Å²) in [6.45, 7) is 0.890. The van der Waals surface area contributed by atoms with E-state index in [-0.39, 0.29) is 6.10 Å². The van der Waals surface area contributed by atoms with Crippen molar-refractivity contribution >= 4 is 0 Å². The summed E-state index contributed by atoms with van der Waals surface area (Å²) in [4.78, 5) is 0. The molecule has 0 saturated heterocycles. The molecule has 0 amide bonds. The predicted molar refractivity (Wildman–Crippen MR) is 75.1 cm³/mol. The van der Waals surface area contributed by atoms with Crippen molar-refractivity contribution in [1.29, 1.82) is 0 Å². The summed E-state index contributed by atoms with van der Waals surface area (Å²) in [7, 11) is 0. The Morgan fingerprint density at radius 2 is 2.00 bits per heavy atom. The number of benzene rings is 1. The van der Waals surface area contributed by atoms with Crippen LogP contribution in [0, 0.1) is 5.92 Å². The maximum absolute atomic E-state index is 10.0. The molecule has 0 heterocycles. The minimum absolute atomic E-state index is 0.133. The number of aromatic hydroxyl groups is 1. The van der Waals surface area contributed by atoms with Gasteiger partial charge >= 0.3 is 0 Å². The van der Waals surface area contributed by atoms with Gasteiger partial charge in [-0.2, -0.15) is 0 Å². The summed E-state index contributed by atoms with van der Waals surface area (Å²) in [5.41, 5.74) is 2.34. The van der Waals surface area contributed by atoms with Gasteiger partial charge < -0.3 is 15.5 Å². The number of nitrogens with one attached hydrogen (secondary N) is 1. The lowest BCUT2D eigenvalue weighted by atomic mass is 9.86. The lowest BCUT2D eigenvalue weighted by molar-refractivity contribution is 0.0681. The fourth-order valence-electron chi connectivity index (χ4n) is 3.57. The van der Waals surface area contributed by atoms with Crippen LogP contribution in [0.4, 0.5) is 0 Å². The first-order valence-corrected chi connectivity index (χ1v) is 7.48. The maximum atomic E-state index is 10.0. The number of hydrogen-bond acceptors (Lipinski definition) is 3. The van der Waals surface area contributed by atoms with Gasteiger partial charge in [0.1, 0.15) is 5.75 Å². The Bertz CT molecular complexity index is 446. The smallest absolute Gasteiger partial charge is 0.119 e. The van der Waals surface area contributed by atoms with E-state index in [1.54, 1.807) is 6.07 Å². The highest BCUT2D eigenvalue weighted by atomic mass is 16.3. The number of fused-ring (bicyclic) bond motifs is 1. The molecule has 1 aromatic rings. The maximum Gasteiger partial charge on any atom is 0.119 e. The van der Waals surface area contributed by atoms with Gasteiger partial charge in [-0.25, -0.2) is 0 Å². The largest absolute Gasteiger partial charge is 0.508 e. The standard InChI is InChI=1S/C16H23NO2/c18-15-6-2-1-4-11(15)10-17-14-9-8-13-12(14)5-3-7-16(13)19/h3,5,7,11,14-15,17-19H,1-2,4,6,8-10H2. The lowest BCUT2D eigenvalue weighted by Crippen LogP contribution is -2.35. The first kappa shape index (κ1) is 12.9. The third kappa shape index (κ3) is 2.63. The van der Waals surface area contributed by atoms with Crippen molar-refractivity contribution < 1.29 is 10.2 Å². The molecule has 3 rings (SSSR count). The molecule has 1 aromatic carbocycles. The molecule has 3 nitrogen and oxygen atoms in total. The zero-order chi connectivity index (χ0) is 13.2. The molecule has 0 spiro atoms. The summed E-state index contributed by atoms with van der Waals surface area (Å²) >= 11 is 0. The molecule has 104 valence electrons. The second kappa shape index (κ2) is 5.51. The van der Waals surface area contributed by atoms with Crippen molar-refractivity contribution in [2.75, 3.05) is 6.54 Å². The number of aliphatic hydroxyl groups is 1. The van der Waals surface area contributed by atoms with E-state index in [2.05, 4.69) is 11.4 Å². The van der Waals surface area contributed by atoms with Gasteiger partial charge in [-0.15, -0.1) is 0 Å². The van der Waals surface area contributed by atoms with Crippen LogP contribution in [0.5, 0.6) is 5.75 Å². The molecule has 0 aromatic heterocycles. The van der Waals surface area contributed by atoms with Crippen LogP contribution >= 0.6 is 0 Å². The molecule has 3 N–H and O–H groups in total. The normalized spacial score (nSPS) is 30.3. The molecule has 19 heavy (non-hydrogen) atoms. The fraction of sp³-hybridized carbons (Fsp3) is 0.625. The van der Waals surface area contributed by atoms with E-state index in [9.17, 15) is 10.2 Å². The minimum atomic E-state index is -0.133. The number of aliphatic hydroxyl groups excluding tert-OH is 1. The molecule has 2 aliphatic carbocycles. The van der Waals surface area contributed by atoms with E-state index in [1.165, 1.54) is 12.0 Å². The number of hydrogen-bond donors (Lipinski definition) is 3. The molecule has 3 heteroatoms. The lowest BCUT2D eigenvalue weighted by Gasteiger charge is -2.29.